The predicted octanol–water partition coefficient (Wildman–Crippen LogP) is 0.00210. The van der Waals surface area contributed by atoms with Crippen LogP contribution in [0.25, 0.3) is 0 Å². The third-order valence-corrected chi connectivity index (χ3v) is 2.56. The highest BCUT2D eigenvalue weighted by Crippen LogP contribution is 2.46. The topological polar surface area (TPSA) is 78.1 Å². The first kappa shape index (κ1) is 8.93. The van der Waals surface area contributed by atoms with E-state index in [1.807, 2.05) is 0 Å². The van der Waals surface area contributed by atoms with Crippen LogP contribution in [0.5, 0.6) is 5.88 Å². The zero-order valence-corrected chi connectivity index (χ0v) is 7.86. The second-order valence-electron chi connectivity index (χ2n) is 3.41. The SMILES string of the molecule is COc1ccc(C2(C(N)=O)CC2)nn1. The average molecular weight is 193 g/mol. The molecule has 0 bridgehead atoms. The van der Waals surface area contributed by atoms with Crippen molar-refractivity contribution in [1.29, 1.82) is 0 Å². The standard InChI is InChI=1S/C9H11N3O2/c1-14-7-3-2-6(11-12-7)9(4-5-9)8(10)13/h2-3H,4-5H2,1H3,(H2,10,13). The van der Waals surface area contributed by atoms with Crippen LogP contribution in [0.3, 0.4) is 0 Å². The smallest absolute Gasteiger partial charge is 0.233 e. The fraction of sp³-hybridized carbons (Fsp3) is 0.444. The van der Waals surface area contributed by atoms with Gasteiger partial charge in [0.05, 0.1) is 18.2 Å². The van der Waals surface area contributed by atoms with Gasteiger partial charge in [-0.1, -0.05) is 0 Å². The Morgan fingerprint density at radius 1 is 1.50 bits per heavy atom. The molecule has 1 aromatic heterocycles. The van der Waals surface area contributed by atoms with E-state index in [4.69, 9.17) is 10.5 Å². The summed E-state index contributed by atoms with van der Waals surface area (Å²) in [5.74, 6) is 0.117. The molecule has 1 aromatic rings. The first-order valence-electron chi connectivity index (χ1n) is 4.37. The summed E-state index contributed by atoms with van der Waals surface area (Å²) in [6.45, 7) is 0. The van der Waals surface area contributed by atoms with Gasteiger partial charge in [-0.15, -0.1) is 5.10 Å². The van der Waals surface area contributed by atoms with Crippen molar-refractivity contribution in [2.24, 2.45) is 5.73 Å². The molecule has 2 rings (SSSR count). The van der Waals surface area contributed by atoms with Crippen LogP contribution >= 0.6 is 0 Å². The molecule has 0 atom stereocenters. The van der Waals surface area contributed by atoms with Gasteiger partial charge in [-0.05, 0) is 18.9 Å². The number of primary amides is 1. The molecule has 0 aromatic carbocycles. The number of methoxy groups -OCH3 is 1. The molecule has 1 heterocycles. The van der Waals surface area contributed by atoms with Gasteiger partial charge in [0.2, 0.25) is 11.8 Å². The highest BCUT2D eigenvalue weighted by molar-refractivity contribution is 5.89. The molecular formula is C9H11N3O2. The molecule has 0 saturated heterocycles. The van der Waals surface area contributed by atoms with Gasteiger partial charge in [-0.25, -0.2) is 0 Å². The summed E-state index contributed by atoms with van der Waals surface area (Å²) in [6, 6.07) is 3.43. The third kappa shape index (κ3) is 1.21. The molecule has 5 heteroatoms. The van der Waals surface area contributed by atoms with Crippen LogP contribution in [0.15, 0.2) is 12.1 Å². The normalized spacial score (nSPS) is 17.5. The first-order valence-corrected chi connectivity index (χ1v) is 4.37. The third-order valence-electron chi connectivity index (χ3n) is 2.56. The van der Waals surface area contributed by atoms with Crippen LogP contribution < -0.4 is 10.5 Å². The highest BCUT2D eigenvalue weighted by atomic mass is 16.5. The molecule has 0 spiro atoms. The average Bonchev–Trinajstić information content (AvgIpc) is 2.99. The lowest BCUT2D eigenvalue weighted by Gasteiger charge is -2.08. The predicted molar refractivity (Wildman–Crippen MR) is 48.7 cm³/mol. The highest BCUT2D eigenvalue weighted by Gasteiger charge is 2.51. The van der Waals surface area contributed by atoms with Crippen LogP contribution in [0.2, 0.25) is 0 Å². The quantitative estimate of drug-likeness (QED) is 0.733. The number of carbonyl (C=O) groups is 1. The molecule has 2 N–H and O–H groups in total. The number of hydrogen-bond donors (Lipinski definition) is 1. The van der Waals surface area contributed by atoms with E-state index in [0.29, 0.717) is 11.6 Å². The number of amides is 1. The second kappa shape index (κ2) is 2.94. The Morgan fingerprint density at radius 3 is 2.57 bits per heavy atom. The van der Waals surface area contributed by atoms with Gasteiger partial charge in [0.1, 0.15) is 0 Å². The first-order chi connectivity index (χ1) is 6.69. The van der Waals surface area contributed by atoms with Crippen molar-refractivity contribution in [2.45, 2.75) is 18.3 Å². The summed E-state index contributed by atoms with van der Waals surface area (Å²) in [5.41, 5.74) is 5.39. The van der Waals surface area contributed by atoms with E-state index < -0.39 is 5.41 Å². The molecule has 5 nitrogen and oxygen atoms in total. The van der Waals surface area contributed by atoms with Gasteiger partial charge in [-0.2, -0.15) is 5.10 Å². The van der Waals surface area contributed by atoms with Gasteiger partial charge in [0, 0.05) is 6.07 Å². The summed E-state index contributed by atoms with van der Waals surface area (Å²) in [7, 11) is 1.52. The zero-order valence-electron chi connectivity index (χ0n) is 7.86. The fourth-order valence-corrected chi connectivity index (χ4v) is 1.44. The number of hydrogen-bond acceptors (Lipinski definition) is 4. The van der Waals surface area contributed by atoms with E-state index in [1.165, 1.54) is 7.11 Å². The Morgan fingerprint density at radius 2 is 2.21 bits per heavy atom. The monoisotopic (exact) mass is 193 g/mol. The van der Waals surface area contributed by atoms with Crippen LogP contribution in [-0.4, -0.2) is 23.2 Å². The summed E-state index contributed by atoms with van der Waals surface area (Å²) in [6.07, 6.45) is 1.53. The van der Waals surface area contributed by atoms with Crippen molar-refractivity contribution in [1.82, 2.24) is 10.2 Å². The minimum absolute atomic E-state index is 0.322. The Bertz CT molecular complexity index is 357. The number of nitrogens with two attached hydrogens (primary N) is 1. The molecule has 74 valence electrons. The molecule has 1 amide bonds. The number of nitrogens with zero attached hydrogens (tertiary/aromatic N) is 2. The number of carbonyl (C=O) groups excluding carboxylic acids is 1. The minimum Gasteiger partial charge on any atom is -0.480 e. The maximum atomic E-state index is 11.2. The van der Waals surface area contributed by atoms with Crippen molar-refractivity contribution in [3.63, 3.8) is 0 Å². The molecule has 14 heavy (non-hydrogen) atoms. The molecule has 0 unspecified atom stereocenters. The largest absolute Gasteiger partial charge is 0.480 e. The van der Waals surface area contributed by atoms with Crippen LogP contribution in [0.1, 0.15) is 18.5 Å². The summed E-state index contributed by atoms with van der Waals surface area (Å²) < 4.78 is 4.87. The zero-order chi connectivity index (χ0) is 10.2. The number of ether oxygens (including phenoxy) is 1. The molecule has 0 radical (unpaired) electrons. The van der Waals surface area contributed by atoms with E-state index >= 15 is 0 Å². The van der Waals surface area contributed by atoms with Crippen molar-refractivity contribution in [3.8, 4) is 5.88 Å². The Labute approximate surface area is 81.3 Å². The van der Waals surface area contributed by atoms with E-state index in [-0.39, 0.29) is 5.91 Å². The molecule has 1 saturated carbocycles. The van der Waals surface area contributed by atoms with Crippen LogP contribution in [-0.2, 0) is 10.2 Å². The van der Waals surface area contributed by atoms with Gasteiger partial charge in [0.15, 0.2) is 0 Å². The maximum absolute atomic E-state index is 11.2. The van der Waals surface area contributed by atoms with Crippen molar-refractivity contribution in [2.75, 3.05) is 7.11 Å². The van der Waals surface area contributed by atoms with Crippen molar-refractivity contribution in [3.05, 3.63) is 17.8 Å². The molecule has 1 aliphatic rings. The Kier molecular flexibility index (Phi) is 1.87. The summed E-state index contributed by atoms with van der Waals surface area (Å²) in [4.78, 5) is 11.2. The molecular weight excluding hydrogens is 182 g/mol. The van der Waals surface area contributed by atoms with Crippen molar-refractivity contribution < 1.29 is 9.53 Å². The fourth-order valence-electron chi connectivity index (χ4n) is 1.44. The molecule has 1 aliphatic carbocycles. The number of aromatic nitrogens is 2. The van der Waals surface area contributed by atoms with Gasteiger partial charge >= 0.3 is 0 Å². The van der Waals surface area contributed by atoms with Crippen LogP contribution in [0, 0.1) is 0 Å². The van der Waals surface area contributed by atoms with Gasteiger partial charge in [0.25, 0.3) is 0 Å². The number of rotatable bonds is 3. The molecule has 1 fully saturated rings. The van der Waals surface area contributed by atoms with E-state index in [2.05, 4.69) is 10.2 Å². The van der Waals surface area contributed by atoms with Gasteiger partial charge in [-0.3, -0.25) is 4.79 Å². The van der Waals surface area contributed by atoms with Crippen molar-refractivity contribution >= 4 is 5.91 Å². The minimum atomic E-state index is -0.556. The van der Waals surface area contributed by atoms with E-state index in [9.17, 15) is 4.79 Å². The van der Waals surface area contributed by atoms with Crippen LogP contribution in [0.4, 0.5) is 0 Å². The lowest BCUT2D eigenvalue weighted by Crippen LogP contribution is -2.29. The summed E-state index contributed by atoms with van der Waals surface area (Å²) in [5, 5.41) is 7.73. The lowest BCUT2D eigenvalue weighted by molar-refractivity contribution is -0.120. The van der Waals surface area contributed by atoms with E-state index in [0.717, 1.165) is 12.8 Å². The Hall–Kier alpha value is -1.65. The second-order valence-corrected chi connectivity index (χ2v) is 3.41. The van der Waals surface area contributed by atoms with E-state index in [1.54, 1.807) is 12.1 Å². The summed E-state index contributed by atoms with van der Waals surface area (Å²) >= 11 is 0. The van der Waals surface area contributed by atoms with Gasteiger partial charge < -0.3 is 10.5 Å². The molecule has 0 aliphatic heterocycles. The Balaban J connectivity index is 2.29. The maximum Gasteiger partial charge on any atom is 0.233 e. The lowest BCUT2D eigenvalue weighted by atomic mass is 10.0.